The van der Waals surface area contributed by atoms with Crippen LogP contribution in [0.25, 0.3) is 0 Å². The summed E-state index contributed by atoms with van der Waals surface area (Å²) in [5, 5.41) is 0. The average Bonchev–Trinajstić information content (AvgIpc) is 2.56. The predicted molar refractivity (Wildman–Crippen MR) is 50.6 cm³/mol. The van der Waals surface area contributed by atoms with Gasteiger partial charge in [0.1, 0.15) is 12.4 Å². The van der Waals surface area contributed by atoms with Crippen molar-refractivity contribution in [1.82, 2.24) is 4.57 Å². The molecule has 0 aliphatic heterocycles. The first-order valence-corrected chi connectivity index (χ1v) is 4.93. The molecular formula is C9H11ClF3NO. The van der Waals surface area contributed by atoms with Gasteiger partial charge in [-0.15, -0.1) is 11.6 Å². The molecule has 0 bridgehead atoms. The maximum Gasteiger partial charge on any atom is 0.431 e. The van der Waals surface area contributed by atoms with Crippen LogP contribution in [0, 0.1) is 0 Å². The Balaban J connectivity index is 3.00. The Hall–Kier alpha value is -0.680. The maximum atomic E-state index is 12.5. The number of rotatable bonds is 4. The number of aromatic nitrogens is 1. The second-order valence-electron chi connectivity index (χ2n) is 2.89. The fourth-order valence-corrected chi connectivity index (χ4v) is 1.44. The van der Waals surface area contributed by atoms with Crippen LogP contribution in [0.2, 0.25) is 0 Å². The van der Waals surface area contributed by atoms with Crippen LogP contribution in [0.3, 0.4) is 0 Å². The second-order valence-corrected chi connectivity index (χ2v) is 3.16. The molecule has 0 amide bonds. The first kappa shape index (κ1) is 12.4. The van der Waals surface area contributed by atoms with Crippen molar-refractivity contribution in [2.45, 2.75) is 25.7 Å². The third-order valence-electron chi connectivity index (χ3n) is 1.92. The molecule has 0 spiro atoms. The molecule has 0 atom stereocenters. The van der Waals surface area contributed by atoms with Crippen LogP contribution >= 0.6 is 11.6 Å². The summed E-state index contributed by atoms with van der Waals surface area (Å²) in [7, 11) is 0. The third kappa shape index (κ3) is 2.89. The number of hydrogen-bond acceptors (Lipinski definition) is 1. The molecule has 0 aromatic carbocycles. The fourth-order valence-electron chi connectivity index (χ4n) is 1.21. The lowest BCUT2D eigenvalue weighted by Crippen LogP contribution is -2.16. The number of hydrogen-bond donors (Lipinski definition) is 0. The maximum absolute atomic E-state index is 12.5. The van der Waals surface area contributed by atoms with E-state index in [1.807, 2.05) is 0 Å². The van der Waals surface area contributed by atoms with Gasteiger partial charge in [0.15, 0.2) is 0 Å². The zero-order valence-corrected chi connectivity index (χ0v) is 8.90. The number of alkyl halides is 4. The SMILES string of the molecule is CCOCn1c(CCl)ccc1C(F)(F)F. The van der Waals surface area contributed by atoms with Gasteiger partial charge in [-0.25, -0.2) is 0 Å². The molecule has 0 unspecified atom stereocenters. The molecule has 0 saturated carbocycles. The number of halogens is 4. The molecule has 86 valence electrons. The smallest absolute Gasteiger partial charge is 0.361 e. The second kappa shape index (κ2) is 4.90. The van der Waals surface area contributed by atoms with Crippen molar-refractivity contribution >= 4 is 11.6 Å². The van der Waals surface area contributed by atoms with E-state index in [1.165, 1.54) is 6.07 Å². The molecule has 0 N–H and O–H groups in total. The van der Waals surface area contributed by atoms with Crippen molar-refractivity contribution < 1.29 is 17.9 Å². The number of nitrogens with zero attached hydrogens (tertiary/aromatic N) is 1. The van der Waals surface area contributed by atoms with Crippen LogP contribution in [0.5, 0.6) is 0 Å². The first-order chi connectivity index (χ1) is 7.00. The van der Waals surface area contributed by atoms with Gasteiger partial charge in [0.05, 0.1) is 5.88 Å². The Morgan fingerprint density at radius 1 is 1.40 bits per heavy atom. The summed E-state index contributed by atoms with van der Waals surface area (Å²) in [6.45, 7) is 1.95. The Morgan fingerprint density at radius 2 is 2.07 bits per heavy atom. The van der Waals surface area contributed by atoms with Gasteiger partial charge in [-0.1, -0.05) is 0 Å². The van der Waals surface area contributed by atoms with E-state index in [0.717, 1.165) is 10.6 Å². The number of ether oxygens (including phenoxy) is 1. The van der Waals surface area contributed by atoms with Gasteiger partial charge in [0.2, 0.25) is 0 Å². The lowest BCUT2D eigenvalue weighted by Gasteiger charge is -2.14. The monoisotopic (exact) mass is 241 g/mol. The van der Waals surface area contributed by atoms with E-state index in [0.29, 0.717) is 12.3 Å². The van der Waals surface area contributed by atoms with E-state index < -0.39 is 11.9 Å². The van der Waals surface area contributed by atoms with Crippen molar-refractivity contribution in [1.29, 1.82) is 0 Å². The molecule has 1 aromatic heterocycles. The van der Waals surface area contributed by atoms with Crippen LogP contribution in [-0.2, 0) is 23.5 Å². The van der Waals surface area contributed by atoms with Crippen LogP contribution in [0.15, 0.2) is 12.1 Å². The molecule has 1 rings (SSSR count). The lowest BCUT2D eigenvalue weighted by atomic mass is 10.4. The molecule has 0 aliphatic carbocycles. The average molecular weight is 242 g/mol. The predicted octanol–water partition coefficient (Wildman–Crippen LogP) is 3.24. The van der Waals surface area contributed by atoms with E-state index in [1.54, 1.807) is 6.92 Å². The fraction of sp³-hybridized carbons (Fsp3) is 0.556. The molecule has 0 saturated heterocycles. The topological polar surface area (TPSA) is 14.2 Å². The molecule has 2 nitrogen and oxygen atoms in total. The summed E-state index contributed by atoms with van der Waals surface area (Å²) in [4.78, 5) is 0. The van der Waals surface area contributed by atoms with Gasteiger partial charge in [-0.3, -0.25) is 0 Å². The van der Waals surface area contributed by atoms with Gasteiger partial charge >= 0.3 is 6.18 Å². The van der Waals surface area contributed by atoms with E-state index in [9.17, 15) is 13.2 Å². The normalized spacial score (nSPS) is 12.1. The Kier molecular flexibility index (Phi) is 4.04. The van der Waals surface area contributed by atoms with Gasteiger partial charge < -0.3 is 9.30 Å². The van der Waals surface area contributed by atoms with Crippen LogP contribution in [-0.4, -0.2) is 11.2 Å². The zero-order chi connectivity index (χ0) is 11.5. The molecule has 6 heteroatoms. The zero-order valence-electron chi connectivity index (χ0n) is 8.14. The third-order valence-corrected chi connectivity index (χ3v) is 2.20. The van der Waals surface area contributed by atoms with Crippen molar-refractivity contribution in [3.63, 3.8) is 0 Å². The Bertz CT molecular complexity index is 322. The minimum atomic E-state index is -4.37. The van der Waals surface area contributed by atoms with Gasteiger partial charge in [-0.2, -0.15) is 13.2 Å². The molecular weight excluding hydrogens is 231 g/mol. The molecule has 0 aliphatic rings. The highest BCUT2D eigenvalue weighted by molar-refractivity contribution is 6.16. The molecule has 15 heavy (non-hydrogen) atoms. The van der Waals surface area contributed by atoms with Crippen molar-refractivity contribution in [3.05, 3.63) is 23.5 Å². The summed E-state index contributed by atoms with van der Waals surface area (Å²) in [5.41, 5.74) is -0.330. The highest BCUT2D eigenvalue weighted by Gasteiger charge is 2.34. The van der Waals surface area contributed by atoms with E-state index in [-0.39, 0.29) is 12.6 Å². The minimum Gasteiger partial charge on any atom is -0.361 e. The highest BCUT2D eigenvalue weighted by atomic mass is 35.5. The Labute approximate surface area is 90.6 Å². The van der Waals surface area contributed by atoms with Gasteiger partial charge in [0.25, 0.3) is 0 Å². The largest absolute Gasteiger partial charge is 0.431 e. The lowest BCUT2D eigenvalue weighted by molar-refractivity contribution is -0.146. The van der Waals surface area contributed by atoms with E-state index in [2.05, 4.69) is 0 Å². The van der Waals surface area contributed by atoms with Crippen LogP contribution < -0.4 is 0 Å². The van der Waals surface area contributed by atoms with Crippen LogP contribution in [0.4, 0.5) is 13.2 Å². The van der Waals surface area contributed by atoms with Gasteiger partial charge in [-0.05, 0) is 19.1 Å². The molecule has 0 radical (unpaired) electrons. The summed E-state index contributed by atoms with van der Waals surface area (Å²) in [5.74, 6) is 0.0309. The van der Waals surface area contributed by atoms with Crippen LogP contribution in [0.1, 0.15) is 18.3 Å². The standard InChI is InChI=1S/C9H11ClF3NO/c1-2-15-6-14-7(5-10)3-4-8(14)9(11,12)13/h3-4H,2,5-6H2,1H3. The van der Waals surface area contributed by atoms with Crippen molar-refractivity contribution in [2.24, 2.45) is 0 Å². The van der Waals surface area contributed by atoms with Gasteiger partial charge in [0, 0.05) is 12.3 Å². The molecule has 1 aromatic rings. The first-order valence-electron chi connectivity index (χ1n) is 4.40. The molecule has 1 heterocycles. The Morgan fingerprint density at radius 3 is 2.53 bits per heavy atom. The van der Waals surface area contributed by atoms with E-state index >= 15 is 0 Å². The summed E-state index contributed by atoms with van der Waals surface area (Å²) in [6, 6.07) is 2.37. The van der Waals surface area contributed by atoms with Crippen molar-refractivity contribution in [2.75, 3.05) is 6.61 Å². The minimum absolute atomic E-state index is 0.0309. The summed E-state index contributed by atoms with van der Waals surface area (Å²) >= 11 is 5.53. The van der Waals surface area contributed by atoms with Crippen molar-refractivity contribution in [3.8, 4) is 0 Å². The molecule has 0 fully saturated rings. The highest BCUT2D eigenvalue weighted by Crippen LogP contribution is 2.31. The summed E-state index contributed by atoms with van der Waals surface area (Å²) in [6.07, 6.45) is -4.37. The quantitative estimate of drug-likeness (QED) is 0.738. The summed E-state index contributed by atoms with van der Waals surface area (Å²) < 4.78 is 43.5. The van der Waals surface area contributed by atoms with E-state index in [4.69, 9.17) is 16.3 Å².